The zero-order chi connectivity index (χ0) is 17.1. The minimum absolute atomic E-state index is 0.317. The number of ether oxygens (including phenoxy) is 1. The molecule has 5 nitrogen and oxygen atoms in total. The van der Waals surface area contributed by atoms with Crippen molar-refractivity contribution in [1.82, 2.24) is 9.97 Å². The highest BCUT2D eigenvalue weighted by molar-refractivity contribution is 14.1. The lowest BCUT2D eigenvalue weighted by Gasteiger charge is -2.12. The molecule has 7 heteroatoms. The zero-order valence-electron chi connectivity index (χ0n) is 12.7. The van der Waals surface area contributed by atoms with Gasteiger partial charge < -0.3 is 10.1 Å². The Kier molecular flexibility index (Phi) is 4.89. The van der Waals surface area contributed by atoms with Crippen molar-refractivity contribution in [3.05, 3.63) is 53.6 Å². The summed E-state index contributed by atoms with van der Waals surface area (Å²) in [6, 6.07) is 8.44. The van der Waals surface area contributed by atoms with Gasteiger partial charge in [0.05, 0.1) is 23.9 Å². The van der Waals surface area contributed by atoms with Gasteiger partial charge in [0.1, 0.15) is 17.9 Å². The Hall–Kier alpha value is -2.29. The summed E-state index contributed by atoms with van der Waals surface area (Å²) in [5.41, 5.74) is 1.91. The quantitative estimate of drug-likeness (QED) is 0.367. The van der Waals surface area contributed by atoms with Gasteiger partial charge in [-0.2, -0.15) is 0 Å². The standard InChI is InChI=1S/C17H13FIN3O2/c1-24-15-6-14-12(5-11(15)8-23)17(21-9-20-14)22-13-4-2-3-10(7-19)16(13)18/h2-6,8-9H,7H2,1H3,(H,20,21,22). The number of benzene rings is 2. The molecule has 0 radical (unpaired) electrons. The lowest BCUT2D eigenvalue weighted by molar-refractivity contribution is 0.112. The molecule has 0 aliphatic carbocycles. The second kappa shape index (κ2) is 7.08. The number of nitrogens with one attached hydrogen (secondary N) is 1. The van der Waals surface area contributed by atoms with E-state index in [-0.39, 0.29) is 5.82 Å². The minimum atomic E-state index is -0.317. The highest BCUT2D eigenvalue weighted by Gasteiger charge is 2.13. The summed E-state index contributed by atoms with van der Waals surface area (Å²) in [5, 5.41) is 3.60. The third-order valence-corrected chi connectivity index (χ3v) is 4.41. The van der Waals surface area contributed by atoms with Crippen molar-refractivity contribution >= 4 is 51.3 Å². The number of hydrogen-bond acceptors (Lipinski definition) is 5. The molecule has 0 atom stereocenters. The van der Waals surface area contributed by atoms with Crippen LogP contribution in [0.2, 0.25) is 0 Å². The molecule has 0 bridgehead atoms. The van der Waals surface area contributed by atoms with Gasteiger partial charge in [0.25, 0.3) is 0 Å². The first-order valence-electron chi connectivity index (χ1n) is 7.06. The average Bonchev–Trinajstić information content (AvgIpc) is 2.62. The summed E-state index contributed by atoms with van der Waals surface area (Å²) in [6.45, 7) is 0. The predicted molar refractivity (Wildman–Crippen MR) is 98.9 cm³/mol. The van der Waals surface area contributed by atoms with Crippen molar-refractivity contribution in [2.24, 2.45) is 0 Å². The van der Waals surface area contributed by atoms with Crippen LogP contribution in [0.5, 0.6) is 5.75 Å². The predicted octanol–water partition coefficient (Wildman–Crippen LogP) is 4.27. The molecule has 1 heterocycles. The van der Waals surface area contributed by atoms with E-state index in [2.05, 4.69) is 37.9 Å². The number of halogens is 2. The Morgan fingerprint density at radius 3 is 2.88 bits per heavy atom. The Bertz CT molecular complexity index is 918. The van der Waals surface area contributed by atoms with Crippen molar-refractivity contribution in [3.8, 4) is 5.75 Å². The maximum atomic E-state index is 14.4. The number of aldehydes is 1. The summed E-state index contributed by atoms with van der Waals surface area (Å²) in [7, 11) is 1.49. The van der Waals surface area contributed by atoms with E-state index in [9.17, 15) is 9.18 Å². The number of fused-ring (bicyclic) bond motifs is 1. The van der Waals surface area contributed by atoms with Gasteiger partial charge in [0, 0.05) is 15.9 Å². The summed E-state index contributed by atoms with van der Waals surface area (Å²) in [5.74, 6) is 0.540. The highest BCUT2D eigenvalue weighted by atomic mass is 127. The monoisotopic (exact) mass is 437 g/mol. The fourth-order valence-electron chi connectivity index (χ4n) is 2.38. The van der Waals surface area contributed by atoms with E-state index in [4.69, 9.17) is 4.74 Å². The molecule has 24 heavy (non-hydrogen) atoms. The maximum Gasteiger partial charge on any atom is 0.153 e. The van der Waals surface area contributed by atoms with Crippen LogP contribution in [0.4, 0.5) is 15.9 Å². The largest absolute Gasteiger partial charge is 0.496 e. The third-order valence-electron chi connectivity index (χ3n) is 3.59. The first kappa shape index (κ1) is 16.6. The van der Waals surface area contributed by atoms with Gasteiger partial charge in [0.15, 0.2) is 12.1 Å². The van der Waals surface area contributed by atoms with E-state index in [1.165, 1.54) is 13.4 Å². The smallest absolute Gasteiger partial charge is 0.153 e. The summed E-state index contributed by atoms with van der Waals surface area (Å²) >= 11 is 2.11. The summed E-state index contributed by atoms with van der Waals surface area (Å²) in [6.07, 6.45) is 2.08. The number of aromatic nitrogens is 2. The minimum Gasteiger partial charge on any atom is -0.496 e. The number of anilines is 2. The van der Waals surface area contributed by atoms with Crippen LogP contribution in [0.3, 0.4) is 0 Å². The molecule has 0 spiro atoms. The molecule has 0 saturated carbocycles. The Balaban J connectivity index is 2.12. The van der Waals surface area contributed by atoms with Crippen molar-refractivity contribution in [2.45, 2.75) is 4.43 Å². The Morgan fingerprint density at radius 1 is 1.33 bits per heavy atom. The molecule has 0 aliphatic rings. The van der Waals surface area contributed by atoms with Gasteiger partial charge in [-0.05, 0) is 17.7 Å². The van der Waals surface area contributed by atoms with Crippen LogP contribution in [-0.4, -0.2) is 23.4 Å². The molecule has 3 rings (SSSR count). The van der Waals surface area contributed by atoms with Gasteiger partial charge in [-0.1, -0.05) is 34.7 Å². The lowest BCUT2D eigenvalue weighted by Crippen LogP contribution is -2.01. The van der Waals surface area contributed by atoms with Crippen molar-refractivity contribution in [1.29, 1.82) is 0 Å². The highest BCUT2D eigenvalue weighted by Crippen LogP contribution is 2.30. The molecular formula is C17H13FIN3O2. The topological polar surface area (TPSA) is 64.1 Å². The molecule has 3 aromatic rings. The van der Waals surface area contributed by atoms with Gasteiger partial charge in [-0.15, -0.1) is 0 Å². The second-order valence-corrected chi connectivity index (χ2v) is 5.75. The normalized spacial score (nSPS) is 10.6. The van der Waals surface area contributed by atoms with Gasteiger partial charge in [0.2, 0.25) is 0 Å². The maximum absolute atomic E-state index is 14.4. The molecule has 0 aliphatic heterocycles. The van der Waals surface area contributed by atoms with Gasteiger partial charge in [-0.3, -0.25) is 4.79 Å². The first-order valence-corrected chi connectivity index (χ1v) is 8.58. The number of methoxy groups -OCH3 is 1. The molecule has 0 fully saturated rings. The van der Waals surface area contributed by atoms with Crippen molar-refractivity contribution in [2.75, 3.05) is 12.4 Å². The number of carbonyl (C=O) groups excluding carboxylic acids is 1. The fourth-order valence-corrected chi connectivity index (χ4v) is 2.97. The third kappa shape index (κ3) is 3.03. The number of rotatable bonds is 5. The van der Waals surface area contributed by atoms with E-state index in [1.807, 2.05) is 0 Å². The van der Waals surface area contributed by atoms with Crippen molar-refractivity contribution in [3.63, 3.8) is 0 Å². The molecule has 1 aromatic heterocycles. The molecule has 0 amide bonds. The Morgan fingerprint density at radius 2 is 2.17 bits per heavy atom. The van der Waals surface area contributed by atoms with E-state index in [0.717, 1.165) is 0 Å². The van der Waals surface area contributed by atoms with Crippen LogP contribution in [0.15, 0.2) is 36.7 Å². The van der Waals surface area contributed by atoms with Crippen LogP contribution in [-0.2, 0) is 4.43 Å². The zero-order valence-corrected chi connectivity index (χ0v) is 14.9. The lowest BCUT2D eigenvalue weighted by atomic mass is 10.1. The summed E-state index contributed by atoms with van der Waals surface area (Å²) in [4.78, 5) is 19.6. The van der Waals surface area contributed by atoms with Crippen LogP contribution < -0.4 is 10.1 Å². The number of hydrogen-bond donors (Lipinski definition) is 1. The van der Waals surface area contributed by atoms with E-state index < -0.39 is 0 Å². The van der Waals surface area contributed by atoms with E-state index >= 15 is 0 Å². The van der Waals surface area contributed by atoms with Gasteiger partial charge >= 0.3 is 0 Å². The number of nitrogens with zero attached hydrogens (tertiary/aromatic N) is 2. The average molecular weight is 437 g/mol. The summed E-state index contributed by atoms with van der Waals surface area (Å²) < 4.78 is 20.2. The molecular weight excluding hydrogens is 424 g/mol. The van der Waals surface area contributed by atoms with Gasteiger partial charge in [-0.25, -0.2) is 14.4 Å². The molecule has 0 unspecified atom stereocenters. The van der Waals surface area contributed by atoms with Crippen LogP contribution >= 0.6 is 22.6 Å². The molecule has 122 valence electrons. The first-order chi connectivity index (χ1) is 11.7. The molecule has 0 saturated heterocycles. The van der Waals surface area contributed by atoms with E-state index in [1.54, 1.807) is 30.3 Å². The SMILES string of the molecule is COc1cc2ncnc(Nc3cccc(CI)c3F)c2cc1C=O. The number of alkyl halides is 1. The molecule has 2 aromatic carbocycles. The second-order valence-electron chi connectivity index (χ2n) is 4.99. The van der Waals surface area contributed by atoms with Crippen molar-refractivity contribution < 1.29 is 13.9 Å². The van der Waals surface area contributed by atoms with Crippen LogP contribution in [0, 0.1) is 5.82 Å². The fraction of sp³-hybridized carbons (Fsp3) is 0.118. The van der Waals surface area contributed by atoms with Crippen LogP contribution in [0.1, 0.15) is 15.9 Å². The van der Waals surface area contributed by atoms with Crippen LogP contribution in [0.25, 0.3) is 10.9 Å². The Labute approximate surface area is 151 Å². The molecule has 1 N–H and O–H groups in total. The van der Waals surface area contributed by atoms with E-state index in [0.29, 0.717) is 50.0 Å². The number of carbonyl (C=O) groups is 1.